The molecule has 1 fully saturated rings. The molecule has 1 saturated carbocycles. The second-order valence-corrected chi connectivity index (χ2v) is 4.41. The smallest absolute Gasteiger partial charge is 0.255 e. The van der Waals surface area contributed by atoms with Crippen LogP contribution in [0.4, 0.5) is 0 Å². The third-order valence-corrected chi connectivity index (χ3v) is 3.05. The van der Waals surface area contributed by atoms with Crippen molar-refractivity contribution in [3.63, 3.8) is 0 Å². The quantitative estimate of drug-likeness (QED) is 0.871. The largest absolute Gasteiger partial charge is 0.334 e. The molecule has 0 heterocycles. The van der Waals surface area contributed by atoms with Crippen LogP contribution in [-0.2, 0) is 0 Å². The highest BCUT2D eigenvalue weighted by Crippen LogP contribution is 2.29. The van der Waals surface area contributed by atoms with E-state index >= 15 is 0 Å². The minimum Gasteiger partial charge on any atom is -0.334 e. The van der Waals surface area contributed by atoms with Crippen molar-refractivity contribution in [1.82, 2.24) is 4.90 Å². The number of halogens is 1. The van der Waals surface area contributed by atoms with E-state index in [0.717, 1.165) is 12.8 Å². The van der Waals surface area contributed by atoms with Crippen LogP contribution in [0.5, 0.6) is 0 Å². The Bertz CT molecular complexity index is 390. The standard InChI is InChI=1S/C12H15ClN2O/c13-11-4-2-1-3-10(11)12(16)15(8-7-14)9-5-6-9/h1-4,9H,5-8,14H2. The zero-order valence-electron chi connectivity index (χ0n) is 9.03. The van der Waals surface area contributed by atoms with Gasteiger partial charge in [-0.05, 0) is 25.0 Å². The predicted octanol–water partition coefficient (Wildman–Crippen LogP) is 1.90. The van der Waals surface area contributed by atoms with Crippen molar-refractivity contribution in [3.8, 4) is 0 Å². The first kappa shape index (κ1) is 11.4. The van der Waals surface area contributed by atoms with Crippen molar-refractivity contribution in [2.75, 3.05) is 13.1 Å². The second-order valence-electron chi connectivity index (χ2n) is 4.00. The van der Waals surface area contributed by atoms with Crippen LogP contribution in [0, 0.1) is 0 Å². The van der Waals surface area contributed by atoms with Crippen LogP contribution in [0.1, 0.15) is 23.2 Å². The van der Waals surface area contributed by atoms with Gasteiger partial charge in [0.25, 0.3) is 5.91 Å². The molecule has 16 heavy (non-hydrogen) atoms. The van der Waals surface area contributed by atoms with Gasteiger partial charge in [0.2, 0.25) is 0 Å². The van der Waals surface area contributed by atoms with E-state index in [1.807, 2.05) is 17.0 Å². The minimum atomic E-state index is -0.00134. The van der Waals surface area contributed by atoms with E-state index in [9.17, 15) is 4.79 Å². The summed E-state index contributed by atoms with van der Waals surface area (Å²) < 4.78 is 0. The molecular formula is C12H15ClN2O. The Morgan fingerprint density at radius 3 is 2.69 bits per heavy atom. The Labute approximate surface area is 100 Å². The number of carbonyl (C=O) groups excluding carboxylic acids is 1. The Morgan fingerprint density at radius 2 is 2.12 bits per heavy atom. The van der Waals surface area contributed by atoms with Crippen LogP contribution in [-0.4, -0.2) is 29.9 Å². The maximum Gasteiger partial charge on any atom is 0.255 e. The molecule has 86 valence electrons. The highest BCUT2D eigenvalue weighted by Gasteiger charge is 2.32. The van der Waals surface area contributed by atoms with Crippen molar-refractivity contribution >= 4 is 17.5 Å². The topological polar surface area (TPSA) is 46.3 Å². The number of hydrogen-bond acceptors (Lipinski definition) is 2. The van der Waals surface area contributed by atoms with Gasteiger partial charge in [-0.15, -0.1) is 0 Å². The maximum atomic E-state index is 12.2. The minimum absolute atomic E-state index is 0.00134. The van der Waals surface area contributed by atoms with E-state index in [1.54, 1.807) is 12.1 Å². The SMILES string of the molecule is NCCN(C(=O)c1ccccc1Cl)C1CC1. The molecule has 2 N–H and O–H groups in total. The zero-order chi connectivity index (χ0) is 11.5. The van der Waals surface area contributed by atoms with Crippen molar-refractivity contribution < 1.29 is 4.79 Å². The second kappa shape index (κ2) is 4.85. The molecule has 1 aliphatic rings. The Balaban J connectivity index is 2.19. The van der Waals surface area contributed by atoms with E-state index in [-0.39, 0.29) is 5.91 Å². The van der Waals surface area contributed by atoms with Gasteiger partial charge in [0.1, 0.15) is 0 Å². The molecule has 4 heteroatoms. The number of rotatable bonds is 4. The van der Waals surface area contributed by atoms with Crippen molar-refractivity contribution in [2.45, 2.75) is 18.9 Å². The first-order valence-electron chi connectivity index (χ1n) is 5.49. The van der Waals surface area contributed by atoms with Gasteiger partial charge in [0.05, 0.1) is 10.6 Å². The lowest BCUT2D eigenvalue weighted by molar-refractivity contribution is 0.0748. The van der Waals surface area contributed by atoms with Gasteiger partial charge in [-0.3, -0.25) is 4.79 Å². The molecule has 1 aromatic rings. The molecule has 3 nitrogen and oxygen atoms in total. The molecule has 0 aliphatic heterocycles. The molecule has 0 aromatic heterocycles. The van der Waals surface area contributed by atoms with Crippen molar-refractivity contribution in [3.05, 3.63) is 34.9 Å². The zero-order valence-corrected chi connectivity index (χ0v) is 9.78. The lowest BCUT2D eigenvalue weighted by Crippen LogP contribution is -2.37. The molecule has 2 rings (SSSR count). The Hall–Kier alpha value is -1.06. The van der Waals surface area contributed by atoms with Gasteiger partial charge in [-0.2, -0.15) is 0 Å². The van der Waals surface area contributed by atoms with Crippen LogP contribution >= 0.6 is 11.6 Å². The Kier molecular flexibility index (Phi) is 3.46. The van der Waals surface area contributed by atoms with E-state index in [2.05, 4.69) is 0 Å². The summed E-state index contributed by atoms with van der Waals surface area (Å²) in [6, 6.07) is 7.52. The molecule has 0 bridgehead atoms. The average molecular weight is 239 g/mol. The van der Waals surface area contributed by atoms with E-state index in [4.69, 9.17) is 17.3 Å². The highest BCUT2D eigenvalue weighted by molar-refractivity contribution is 6.33. The van der Waals surface area contributed by atoms with E-state index in [0.29, 0.717) is 29.7 Å². The molecule has 1 aromatic carbocycles. The summed E-state index contributed by atoms with van der Waals surface area (Å²) >= 11 is 6.01. The molecule has 0 atom stereocenters. The number of benzene rings is 1. The van der Waals surface area contributed by atoms with Crippen molar-refractivity contribution in [2.24, 2.45) is 5.73 Å². The summed E-state index contributed by atoms with van der Waals surface area (Å²) in [5.74, 6) is -0.00134. The molecule has 0 unspecified atom stereocenters. The van der Waals surface area contributed by atoms with Crippen molar-refractivity contribution in [1.29, 1.82) is 0 Å². The summed E-state index contributed by atoms with van der Waals surface area (Å²) in [4.78, 5) is 14.1. The number of hydrogen-bond donors (Lipinski definition) is 1. The fourth-order valence-corrected chi connectivity index (χ4v) is 1.98. The molecule has 0 spiro atoms. The monoisotopic (exact) mass is 238 g/mol. The summed E-state index contributed by atoms with van der Waals surface area (Å²) in [5.41, 5.74) is 6.10. The van der Waals surface area contributed by atoms with Crippen LogP contribution in [0.15, 0.2) is 24.3 Å². The van der Waals surface area contributed by atoms with Gasteiger partial charge in [-0.1, -0.05) is 23.7 Å². The third kappa shape index (κ3) is 2.36. The first-order chi connectivity index (χ1) is 7.74. The fourth-order valence-electron chi connectivity index (χ4n) is 1.76. The fraction of sp³-hybridized carbons (Fsp3) is 0.417. The summed E-state index contributed by atoms with van der Waals surface area (Å²) in [7, 11) is 0. The third-order valence-electron chi connectivity index (χ3n) is 2.72. The van der Waals surface area contributed by atoms with Gasteiger partial charge in [0.15, 0.2) is 0 Å². The lowest BCUT2D eigenvalue weighted by Gasteiger charge is -2.22. The predicted molar refractivity (Wildman–Crippen MR) is 64.6 cm³/mol. The number of nitrogens with zero attached hydrogens (tertiary/aromatic N) is 1. The summed E-state index contributed by atoms with van der Waals surface area (Å²) in [6.07, 6.45) is 2.16. The van der Waals surface area contributed by atoms with Gasteiger partial charge in [-0.25, -0.2) is 0 Å². The molecule has 1 aliphatic carbocycles. The number of amides is 1. The van der Waals surface area contributed by atoms with Crippen LogP contribution in [0.3, 0.4) is 0 Å². The number of carbonyl (C=O) groups is 1. The molecule has 0 saturated heterocycles. The van der Waals surface area contributed by atoms with E-state index in [1.165, 1.54) is 0 Å². The first-order valence-corrected chi connectivity index (χ1v) is 5.87. The van der Waals surface area contributed by atoms with Gasteiger partial charge < -0.3 is 10.6 Å². The molecular weight excluding hydrogens is 224 g/mol. The maximum absolute atomic E-state index is 12.2. The summed E-state index contributed by atoms with van der Waals surface area (Å²) in [6.45, 7) is 1.10. The molecule has 0 radical (unpaired) electrons. The average Bonchev–Trinajstić information content (AvgIpc) is 3.09. The highest BCUT2D eigenvalue weighted by atomic mass is 35.5. The van der Waals surface area contributed by atoms with Crippen LogP contribution < -0.4 is 5.73 Å². The lowest BCUT2D eigenvalue weighted by atomic mass is 10.2. The normalized spacial score (nSPS) is 14.9. The van der Waals surface area contributed by atoms with Crippen LogP contribution in [0.2, 0.25) is 5.02 Å². The van der Waals surface area contributed by atoms with E-state index < -0.39 is 0 Å². The summed E-state index contributed by atoms with van der Waals surface area (Å²) in [5, 5.41) is 0.509. The van der Waals surface area contributed by atoms with Gasteiger partial charge >= 0.3 is 0 Å². The Morgan fingerprint density at radius 1 is 1.44 bits per heavy atom. The number of nitrogens with two attached hydrogens (primary N) is 1. The van der Waals surface area contributed by atoms with Gasteiger partial charge in [0, 0.05) is 19.1 Å². The molecule has 1 amide bonds. The van der Waals surface area contributed by atoms with Crippen LogP contribution in [0.25, 0.3) is 0 Å².